The van der Waals surface area contributed by atoms with E-state index in [9.17, 15) is 18.3 Å². The molecule has 0 aromatic rings. The lowest BCUT2D eigenvalue weighted by Crippen LogP contribution is -2.49. The van der Waals surface area contributed by atoms with Gasteiger partial charge in [0.2, 0.25) is 5.91 Å². The summed E-state index contributed by atoms with van der Waals surface area (Å²) >= 11 is 0. The maximum atomic E-state index is 11.9. The van der Waals surface area contributed by atoms with Crippen molar-refractivity contribution >= 4 is 15.7 Å². The van der Waals surface area contributed by atoms with Crippen molar-refractivity contribution in [3.63, 3.8) is 0 Å². The molecule has 100 valence electrons. The van der Waals surface area contributed by atoms with Crippen LogP contribution in [0.15, 0.2) is 0 Å². The SMILES string of the molecule is CS(=O)(=O)CCC(N)C(=O)N1CCCC(O)C1. The zero-order valence-corrected chi connectivity index (χ0v) is 10.8. The van der Waals surface area contributed by atoms with Gasteiger partial charge in [-0.05, 0) is 19.3 Å². The number of aliphatic hydroxyl groups is 1. The third-order valence-corrected chi connectivity index (χ3v) is 3.80. The lowest BCUT2D eigenvalue weighted by Gasteiger charge is -2.31. The molecule has 6 nitrogen and oxygen atoms in total. The van der Waals surface area contributed by atoms with Crippen molar-refractivity contribution in [3.8, 4) is 0 Å². The van der Waals surface area contributed by atoms with Crippen LogP contribution in [0.1, 0.15) is 19.3 Å². The normalized spacial score (nSPS) is 23.5. The van der Waals surface area contributed by atoms with Gasteiger partial charge in [0.05, 0.1) is 17.9 Å². The van der Waals surface area contributed by atoms with E-state index in [1.54, 1.807) is 0 Å². The van der Waals surface area contributed by atoms with Crippen LogP contribution in [0.2, 0.25) is 0 Å². The first-order valence-electron chi connectivity index (χ1n) is 5.70. The number of nitrogens with zero attached hydrogens (tertiary/aromatic N) is 1. The first-order valence-corrected chi connectivity index (χ1v) is 7.76. The maximum absolute atomic E-state index is 11.9. The van der Waals surface area contributed by atoms with E-state index in [1.165, 1.54) is 4.90 Å². The molecule has 2 atom stereocenters. The lowest BCUT2D eigenvalue weighted by molar-refractivity contribution is -0.135. The van der Waals surface area contributed by atoms with Crippen molar-refractivity contribution in [2.75, 3.05) is 25.1 Å². The van der Waals surface area contributed by atoms with Crippen molar-refractivity contribution in [3.05, 3.63) is 0 Å². The van der Waals surface area contributed by atoms with Crippen LogP contribution in [0.3, 0.4) is 0 Å². The van der Waals surface area contributed by atoms with E-state index in [-0.39, 0.29) is 18.1 Å². The highest BCUT2D eigenvalue weighted by Crippen LogP contribution is 2.11. The predicted molar refractivity (Wildman–Crippen MR) is 64.1 cm³/mol. The summed E-state index contributed by atoms with van der Waals surface area (Å²) in [5.41, 5.74) is 5.66. The van der Waals surface area contributed by atoms with Gasteiger partial charge >= 0.3 is 0 Å². The monoisotopic (exact) mass is 264 g/mol. The van der Waals surface area contributed by atoms with E-state index in [2.05, 4.69) is 0 Å². The Morgan fingerprint density at radius 2 is 2.24 bits per heavy atom. The summed E-state index contributed by atoms with van der Waals surface area (Å²) in [6.45, 7) is 0.883. The minimum Gasteiger partial charge on any atom is -0.391 e. The molecule has 2 unspecified atom stereocenters. The largest absolute Gasteiger partial charge is 0.391 e. The van der Waals surface area contributed by atoms with Gasteiger partial charge in [-0.15, -0.1) is 0 Å². The van der Waals surface area contributed by atoms with E-state index in [4.69, 9.17) is 5.73 Å². The number of β-amino-alcohol motifs (C(OH)–C–C–N with tert-alkyl or cyclic N) is 1. The van der Waals surface area contributed by atoms with Crippen molar-refractivity contribution < 1.29 is 18.3 Å². The lowest BCUT2D eigenvalue weighted by atomic mass is 10.1. The molecule has 3 N–H and O–H groups in total. The topological polar surface area (TPSA) is 101 Å². The smallest absolute Gasteiger partial charge is 0.239 e. The number of hydrogen-bond acceptors (Lipinski definition) is 5. The van der Waals surface area contributed by atoms with Crippen LogP contribution < -0.4 is 5.73 Å². The molecule has 0 spiro atoms. The molecule has 1 aliphatic rings. The number of carbonyl (C=O) groups excluding carboxylic acids is 1. The van der Waals surface area contributed by atoms with Crippen molar-refractivity contribution in [2.24, 2.45) is 5.73 Å². The summed E-state index contributed by atoms with van der Waals surface area (Å²) in [4.78, 5) is 13.4. The molecule has 0 bridgehead atoms. The summed E-state index contributed by atoms with van der Waals surface area (Å²) in [5.74, 6) is -0.358. The molecular weight excluding hydrogens is 244 g/mol. The van der Waals surface area contributed by atoms with Gasteiger partial charge in [-0.25, -0.2) is 8.42 Å². The molecule has 1 rings (SSSR count). The van der Waals surface area contributed by atoms with Crippen LogP contribution in [0.4, 0.5) is 0 Å². The predicted octanol–water partition coefficient (Wildman–Crippen LogP) is -1.27. The second-order valence-corrected chi connectivity index (χ2v) is 6.87. The first kappa shape index (κ1) is 14.4. The van der Waals surface area contributed by atoms with Crippen molar-refractivity contribution in [1.82, 2.24) is 4.90 Å². The van der Waals surface area contributed by atoms with Gasteiger partial charge in [0.25, 0.3) is 0 Å². The molecule has 0 radical (unpaired) electrons. The third kappa shape index (κ3) is 5.01. The Hall–Kier alpha value is -0.660. The number of aliphatic hydroxyl groups excluding tert-OH is 1. The number of carbonyl (C=O) groups is 1. The molecule has 7 heteroatoms. The molecule has 0 aromatic heterocycles. The fourth-order valence-electron chi connectivity index (χ4n) is 1.85. The second-order valence-electron chi connectivity index (χ2n) is 4.61. The minimum absolute atomic E-state index is 0.0870. The number of nitrogens with two attached hydrogens (primary N) is 1. The van der Waals surface area contributed by atoms with Crippen LogP contribution in [0.5, 0.6) is 0 Å². The number of likely N-dealkylation sites (tertiary alicyclic amines) is 1. The van der Waals surface area contributed by atoms with E-state index in [0.717, 1.165) is 12.7 Å². The van der Waals surface area contributed by atoms with Gasteiger partial charge in [-0.1, -0.05) is 0 Å². The van der Waals surface area contributed by atoms with Crippen LogP contribution >= 0.6 is 0 Å². The van der Waals surface area contributed by atoms with Crippen LogP contribution in [-0.2, 0) is 14.6 Å². The minimum atomic E-state index is -3.09. The van der Waals surface area contributed by atoms with Gasteiger partial charge in [0.15, 0.2) is 0 Å². The van der Waals surface area contributed by atoms with Crippen LogP contribution in [0, 0.1) is 0 Å². The number of rotatable bonds is 4. The third-order valence-electron chi connectivity index (χ3n) is 2.83. The van der Waals surface area contributed by atoms with Crippen molar-refractivity contribution in [1.29, 1.82) is 0 Å². The number of piperidine rings is 1. The average Bonchev–Trinajstić information content (AvgIpc) is 2.24. The summed E-state index contributed by atoms with van der Waals surface area (Å²) in [5, 5.41) is 9.44. The molecule has 1 saturated heterocycles. The molecule has 0 aliphatic carbocycles. The number of hydrogen-bond donors (Lipinski definition) is 2. The van der Waals surface area contributed by atoms with Gasteiger partial charge in [-0.2, -0.15) is 0 Å². The molecule has 17 heavy (non-hydrogen) atoms. The summed E-state index contributed by atoms with van der Waals surface area (Å²) in [7, 11) is -3.09. The highest BCUT2D eigenvalue weighted by atomic mass is 32.2. The average molecular weight is 264 g/mol. The maximum Gasteiger partial charge on any atom is 0.239 e. The second kappa shape index (κ2) is 5.79. The molecule has 1 fully saturated rings. The number of amides is 1. The first-order chi connectivity index (χ1) is 7.79. The quantitative estimate of drug-likeness (QED) is 0.659. The Balaban J connectivity index is 2.45. The fraction of sp³-hybridized carbons (Fsp3) is 0.900. The highest BCUT2D eigenvalue weighted by molar-refractivity contribution is 7.90. The van der Waals surface area contributed by atoms with E-state index >= 15 is 0 Å². The van der Waals surface area contributed by atoms with Gasteiger partial charge in [-0.3, -0.25) is 4.79 Å². The zero-order valence-electron chi connectivity index (χ0n) is 10.0. The van der Waals surface area contributed by atoms with E-state index in [0.29, 0.717) is 19.5 Å². The summed E-state index contributed by atoms with van der Waals surface area (Å²) in [6.07, 6.45) is 2.21. The zero-order chi connectivity index (χ0) is 13.1. The standard InChI is InChI=1S/C10H20N2O4S/c1-17(15,16)6-4-9(11)10(14)12-5-2-3-8(13)7-12/h8-9,13H,2-7,11H2,1H3. The Labute approximate surface area is 102 Å². The molecular formula is C10H20N2O4S. The van der Waals surface area contributed by atoms with E-state index in [1.807, 2.05) is 0 Å². The molecule has 0 saturated carbocycles. The van der Waals surface area contributed by atoms with Crippen LogP contribution in [0.25, 0.3) is 0 Å². The number of sulfone groups is 1. The Kier molecular flexibility index (Phi) is 4.91. The van der Waals surface area contributed by atoms with Crippen molar-refractivity contribution in [2.45, 2.75) is 31.4 Å². The van der Waals surface area contributed by atoms with E-state index < -0.39 is 22.0 Å². The Morgan fingerprint density at radius 1 is 1.59 bits per heavy atom. The summed E-state index contributed by atoms with van der Waals surface area (Å²) < 4.78 is 21.9. The van der Waals surface area contributed by atoms with Gasteiger partial charge < -0.3 is 15.7 Å². The Bertz CT molecular complexity index is 369. The summed E-state index contributed by atoms with van der Waals surface area (Å²) in [6, 6.07) is -0.796. The Morgan fingerprint density at radius 3 is 2.76 bits per heavy atom. The van der Waals surface area contributed by atoms with Crippen LogP contribution in [-0.4, -0.2) is 61.6 Å². The molecule has 1 aliphatic heterocycles. The fourth-order valence-corrected chi connectivity index (χ4v) is 2.54. The molecule has 1 amide bonds. The molecule has 0 aromatic carbocycles. The molecule has 1 heterocycles. The van der Waals surface area contributed by atoms with Gasteiger partial charge in [0.1, 0.15) is 9.84 Å². The van der Waals surface area contributed by atoms with Gasteiger partial charge in [0, 0.05) is 19.3 Å². The highest BCUT2D eigenvalue weighted by Gasteiger charge is 2.26.